The van der Waals surface area contributed by atoms with Crippen LogP contribution in [-0.2, 0) is 11.4 Å². The van der Waals surface area contributed by atoms with Crippen LogP contribution in [0.25, 0.3) is 6.08 Å². The molecule has 1 saturated heterocycles. The lowest BCUT2D eigenvalue weighted by Gasteiger charge is -2.11. The molecule has 0 atom stereocenters. The zero-order chi connectivity index (χ0) is 23.2. The van der Waals surface area contributed by atoms with Crippen molar-refractivity contribution in [3.8, 4) is 17.2 Å². The van der Waals surface area contributed by atoms with E-state index in [4.69, 9.17) is 25.8 Å². The zero-order valence-electron chi connectivity index (χ0n) is 18.0. The third-order valence-electron chi connectivity index (χ3n) is 4.75. The minimum atomic E-state index is -0.212. The summed E-state index contributed by atoms with van der Waals surface area (Å²) in [6.07, 6.45) is 1.79. The Hall–Kier alpha value is -3.42. The lowest BCUT2D eigenvalue weighted by molar-refractivity contribution is -0.115. The number of carbonyl (C=O) groups excluding carboxylic acids is 1. The van der Waals surface area contributed by atoms with Crippen molar-refractivity contribution in [1.29, 1.82) is 0 Å². The van der Waals surface area contributed by atoms with Crippen LogP contribution in [0.4, 0.5) is 5.69 Å². The number of thioether (sulfide) groups is 1. The molecule has 1 N–H and O–H groups in total. The molecule has 1 amide bonds. The van der Waals surface area contributed by atoms with E-state index in [1.807, 2.05) is 66.7 Å². The summed E-state index contributed by atoms with van der Waals surface area (Å²) < 4.78 is 16.7. The molecule has 8 heteroatoms. The summed E-state index contributed by atoms with van der Waals surface area (Å²) in [5.74, 6) is 1.60. The van der Waals surface area contributed by atoms with E-state index in [-0.39, 0.29) is 5.91 Å². The van der Waals surface area contributed by atoms with E-state index >= 15 is 0 Å². The molecule has 4 rings (SSSR count). The molecule has 33 heavy (non-hydrogen) atoms. The molecular formula is C25H21ClN2O4S. The highest BCUT2D eigenvalue weighted by Crippen LogP contribution is 2.34. The fraction of sp³-hybridized carbons (Fsp3) is 0.120. The Kier molecular flexibility index (Phi) is 7.22. The quantitative estimate of drug-likeness (QED) is 0.431. The molecule has 1 heterocycles. The summed E-state index contributed by atoms with van der Waals surface area (Å²) in [6.45, 7) is 0.384. The molecule has 3 aromatic carbocycles. The monoisotopic (exact) mass is 480 g/mol. The molecule has 0 saturated carbocycles. The first-order valence-corrected chi connectivity index (χ1v) is 11.2. The van der Waals surface area contributed by atoms with Crippen molar-refractivity contribution in [2.24, 2.45) is 4.99 Å². The van der Waals surface area contributed by atoms with Gasteiger partial charge < -0.3 is 19.5 Å². The molecule has 0 aliphatic carbocycles. The summed E-state index contributed by atoms with van der Waals surface area (Å²) in [5.41, 5.74) is 2.45. The number of aliphatic imine (C=N–C) groups is 1. The summed E-state index contributed by atoms with van der Waals surface area (Å²) >= 11 is 7.19. The first-order valence-electron chi connectivity index (χ1n) is 10.0. The Morgan fingerprint density at radius 3 is 2.48 bits per heavy atom. The predicted molar refractivity (Wildman–Crippen MR) is 133 cm³/mol. The standard InChI is InChI=1S/C25H21ClN2O4S/c1-30-20-6-4-3-5-19(20)27-25-28-24(29)23(33-25)14-17-9-12-21(22(13-17)31-2)32-15-16-7-10-18(26)11-8-16/h3-14H,15H2,1-2H3,(H,27,28,29). The molecule has 0 bridgehead atoms. The maximum Gasteiger partial charge on any atom is 0.264 e. The van der Waals surface area contributed by atoms with Crippen molar-refractivity contribution in [2.75, 3.05) is 14.2 Å². The fourth-order valence-electron chi connectivity index (χ4n) is 3.10. The maximum absolute atomic E-state index is 12.5. The van der Waals surface area contributed by atoms with E-state index in [1.165, 1.54) is 11.8 Å². The average molecular weight is 481 g/mol. The van der Waals surface area contributed by atoms with Crippen molar-refractivity contribution >= 4 is 46.2 Å². The van der Waals surface area contributed by atoms with Crippen molar-refractivity contribution in [1.82, 2.24) is 5.32 Å². The van der Waals surface area contributed by atoms with Gasteiger partial charge in [0.1, 0.15) is 18.0 Å². The van der Waals surface area contributed by atoms with Crippen LogP contribution in [0.5, 0.6) is 17.2 Å². The van der Waals surface area contributed by atoms with Gasteiger partial charge in [-0.2, -0.15) is 0 Å². The zero-order valence-corrected chi connectivity index (χ0v) is 19.6. The van der Waals surface area contributed by atoms with Gasteiger partial charge in [-0.1, -0.05) is 41.9 Å². The van der Waals surface area contributed by atoms with Crippen LogP contribution in [-0.4, -0.2) is 25.3 Å². The number of carbonyl (C=O) groups is 1. The third kappa shape index (κ3) is 5.69. The highest BCUT2D eigenvalue weighted by molar-refractivity contribution is 8.18. The molecule has 0 aromatic heterocycles. The van der Waals surface area contributed by atoms with Gasteiger partial charge in [-0.3, -0.25) is 4.79 Å². The molecule has 0 spiro atoms. The highest BCUT2D eigenvalue weighted by Gasteiger charge is 2.24. The number of hydrogen-bond acceptors (Lipinski definition) is 6. The maximum atomic E-state index is 12.5. The predicted octanol–water partition coefficient (Wildman–Crippen LogP) is 5.83. The molecule has 0 unspecified atom stereocenters. The molecule has 6 nitrogen and oxygen atoms in total. The van der Waals surface area contributed by atoms with E-state index in [1.54, 1.807) is 20.3 Å². The molecule has 1 aliphatic rings. The van der Waals surface area contributed by atoms with Gasteiger partial charge in [0.25, 0.3) is 5.91 Å². The summed E-state index contributed by atoms with van der Waals surface area (Å²) in [7, 11) is 3.16. The molecule has 0 radical (unpaired) electrons. The van der Waals surface area contributed by atoms with Crippen LogP contribution < -0.4 is 19.5 Å². The first kappa shape index (κ1) is 22.8. The van der Waals surface area contributed by atoms with Crippen molar-refractivity contribution < 1.29 is 19.0 Å². The Balaban J connectivity index is 1.49. The van der Waals surface area contributed by atoms with Gasteiger partial charge in [-0.05, 0) is 65.4 Å². The summed E-state index contributed by atoms with van der Waals surface area (Å²) in [6, 6.07) is 20.4. The Bertz CT molecular complexity index is 1230. The van der Waals surface area contributed by atoms with E-state index in [2.05, 4.69) is 10.3 Å². The number of hydrogen-bond donors (Lipinski definition) is 1. The van der Waals surface area contributed by atoms with Crippen molar-refractivity contribution in [3.05, 3.63) is 87.8 Å². The van der Waals surface area contributed by atoms with Crippen molar-refractivity contribution in [2.45, 2.75) is 6.61 Å². The normalized spacial score (nSPS) is 15.5. The second kappa shape index (κ2) is 10.5. The van der Waals surface area contributed by atoms with Crippen LogP contribution in [0.2, 0.25) is 5.02 Å². The smallest absolute Gasteiger partial charge is 0.264 e. The number of para-hydroxylation sites is 2. The van der Waals surface area contributed by atoms with Gasteiger partial charge in [0.2, 0.25) is 0 Å². The largest absolute Gasteiger partial charge is 0.494 e. The Morgan fingerprint density at radius 2 is 1.73 bits per heavy atom. The number of nitrogens with zero attached hydrogens (tertiary/aromatic N) is 1. The van der Waals surface area contributed by atoms with Crippen LogP contribution in [0.3, 0.4) is 0 Å². The number of amides is 1. The molecule has 1 aliphatic heterocycles. The Morgan fingerprint density at radius 1 is 0.970 bits per heavy atom. The number of methoxy groups -OCH3 is 2. The van der Waals surface area contributed by atoms with Gasteiger partial charge in [0, 0.05) is 5.02 Å². The lowest BCUT2D eigenvalue weighted by Crippen LogP contribution is -2.19. The number of amidine groups is 1. The summed E-state index contributed by atoms with van der Waals surface area (Å²) in [5, 5.41) is 3.96. The molecule has 168 valence electrons. The minimum absolute atomic E-state index is 0.212. The second-order valence-corrected chi connectivity index (χ2v) is 8.45. The van der Waals surface area contributed by atoms with Gasteiger partial charge in [0.05, 0.1) is 19.1 Å². The van der Waals surface area contributed by atoms with Crippen LogP contribution in [0.15, 0.2) is 76.6 Å². The topological polar surface area (TPSA) is 69.2 Å². The van der Waals surface area contributed by atoms with Crippen LogP contribution in [0.1, 0.15) is 11.1 Å². The van der Waals surface area contributed by atoms with Crippen molar-refractivity contribution in [3.63, 3.8) is 0 Å². The van der Waals surface area contributed by atoms with E-state index < -0.39 is 0 Å². The number of benzene rings is 3. The number of ether oxygens (including phenoxy) is 3. The van der Waals surface area contributed by atoms with Gasteiger partial charge >= 0.3 is 0 Å². The average Bonchev–Trinajstić information content (AvgIpc) is 3.17. The molecular weight excluding hydrogens is 460 g/mol. The SMILES string of the molecule is COc1ccccc1N=C1NC(=O)C(=Cc2ccc(OCc3ccc(Cl)cc3)c(OC)c2)S1. The van der Waals surface area contributed by atoms with E-state index in [0.29, 0.717) is 44.6 Å². The van der Waals surface area contributed by atoms with E-state index in [9.17, 15) is 4.79 Å². The number of nitrogens with one attached hydrogen (secondary N) is 1. The van der Waals surface area contributed by atoms with Gasteiger partial charge in [0.15, 0.2) is 16.7 Å². The minimum Gasteiger partial charge on any atom is -0.494 e. The second-order valence-electron chi connectivity index (χ2n) is 6.98. The Labute approximate surface area is 201 Å². The molecule has 1 fully saturated rings. The molecule has 3 aromatic rings. The first-order chi connectivity index (χ1) is 16.1. The fourth-order valence-corrected chi connectivity index (χ4v) is 4.06. The number of halogens is 1. The third-order valence-corrected chi connectivity index (χ3v) is 5.91. The van der Waals surface area contributed by atoms with Gasteiger partial charge in [-0.25, -0.2) is 4.99 Å². The van der Waals surface area contributed by atoms with Crippen LogP contribution >= 0.6 is 23.4 Å². The van der Waals surface area contributed by atoms with E-state index in [0.717, 1.165) is 11.1 Å². The van der Waals surface area contributed by atoms with Gasteiger partial charge in [-0.15, -0.1) is 0 Å². The lowest BCUT2D eigenvalue weighted by atomic mass is 10.2. The summed E-state index contributed by atoms with van der Waals surface area (Å²) in [4.78, 5) is 17.5. The number of rotatable bonds is 7. The van der Waals surface area contributed by atoms with Crippen LogP contribution in [0, 0.1) is 0 Å². The highest BCUT2D eigenvalue weighted by atomic mass is 35.5.